The highest BCUT2D eigenvalue weighted by atomic mass is 79.9. The van der Waals surface area contributed by atoms with Gasteiger partial charge in [-0.1, -0.05) is 41.9 Å². The Kier molecular flexibility index (Phi) is 6.16. The summed E-state index contributed by atoms with van der Waals surface area (Å²) in [5.74, 6) is 0.613. The van der Waals surface area contributed by atoms with Crippen LogP contribution in [-0.4, -0.2) is 49.0 Å². The highest BCUT2D eigenvalue weighted by Gasteiger charge is 2.42. The molecule has 1 atom stereocenters. The maximum absolute atomic E-state index is 13.5. The summed E-state index contributed by atoms with van der Waals surface area (Å²) in [4.78, 5) is 30.9. The van der Waals surface area contributed by atoms with Crippen molar-refractivity contribution in [2.24, 2.45) is 0 Å². The van der Waals surface area contributed by atoms with Gasteiger partial charge in [-0.15, -0.1) is 0 Å². The van der Waals surface area contributed by atoms with E-state index < -0.39 is 6.04 Å². The molecule has 0 N–H and O–H groups in total. The Balaban J connectivity index is 1.86. The molecule has 1 aromatic heterocycles. The number of hydrogen-bond acceptors (Lipinski definition) is 5. The number of hydrogen-bond donors (Lipinski definition) is 0. The number of carbonyl (C=O) groups is 1. The van der Waals surface area contributed by atoms with E-state index >= 15 is 0 Å². The summed E-state index contributed by atoms with van der Waals surface area (Å²) in [6, 6.07) is 12.3. The van der Waals surface area contributed by atoms with Crippen molar-refractivity contribution in [2.75, 3.05) is 33.3 Å². The third-order valence-electron chi connectivity index (χ3n) is 5.91. The largest absolute Gasteiger partial charge is 0.497 e. The molecule has 162 valence electrons. The Morgan fingerprint density at radius 1 is 1.10 bits per heavy atom. The van der Waals surface area contributed by atoms with Crippen LogP contribution < -0.4 is 10.2 Å². The highest BCUT2D eigenvalue weighted by Crippen LogP contribution is 2.38. The number of benzene rings is 2. The molecule has 1 unspecified atom stereocenters. The van der Waals surface area contributed by atoms with Crippen LogP contribution in [0.25, 0.3) is 11.0 Å². The lowest BCUT2D eigenvalue weighted by Crippen LogP contribution is -2.37. The van der Waals surface area contributed by atoms with Gasteiger partial charge in [0.25, 0.3) is 5.91 Å². The zero-order valence-corrected chi connectivity index (χ0v) is 19.4. The first-order valence-electron chi connectivity index (χ1n) is 10.4. The van der Waals surface area contributed by atoms with Crippen LogP contribution in [0, 0.1) is 0 Å². The minimum Gasteiger partial charge on any atom is -0.497 e. The molecule has 1 amide bonds. The number of amides is 1. The van der Waals surface area contributed by atoms with E-state index in [9.17, 15) is 9.59 Å². The maximum atomic E-state index is 13.5. The topological polar surface area (TPSA) is 63.0 Å². The van der Waals surface area contributed by atoms with Crippen molar-refractivity contribution in [1.82, 2.24) is 9.80 Å². The van der Waals surface area contributed by atoms with Gasteiger partial charge in [0.1, 0.15) is 11.3 Å². The lowest BCUT2D eigenvalue weighted by molar-refractivity contribution is 0.0708. The molecular weight excluding hydrogens is 460 g/mol. The molecular formula is C24H25BrN2O4. The second-order valence-corrected chi connectivity index (χ2v) is 8.43. The lowest BCUT2D eigenvalue weighted by Gasteiger charge is -2.28. The highest BCUT2D eigenvalue weighted by molar-refractivity contribution is 9.10. The molecule has 6 nitrogen and oxygen atoms in total. The van der Waals surface area contributed by atoms with Crippen molar-refractivity contribution < 1.29 is 13.9 Å². The second-order valence-electron chi connectivity index (χ2n) is 7.52. The molecule has 0 bridgehead atoms. The minimum absolute atomic E-state index is 0.139. The predicted octanol–water partition coefficient (Wildman–Crippen LogP) is 4.45. The van der Waals surface area contributed by atoms with Crippen molar-refractivity contribution in [3.63, 3.8) is 0 Å². The molecule has 0 spiro atoms. The first-order chi connectivity index (χ1) is 15.0. The van der Waals surface area contributed by atoms with Crippen LogP contribution in [0.4, 0.5) is 0 Å². The van der Waals surface area contributed by atoms with E-state index in [2.05, 4.69) is 34.7 Å². The third-order valence-corrected chi connectivity index (χ3v) is 6.40. The summed E-state index contributed by atoms with van der Waals surface area (Å²) in [7, 11) is 1.61. The number of fused-ring (bicyclic) bond motifs is 2. The maximum Gasteiger partial charge on any atom is 0.290 e. The van der Waals surface area contributed by atoms with Gasteiger partial charge >= 0.3 is 0 Å². The van der Waals surface area contributed by atoms with Crippen molar-refractivity contribution in [2.45, 2.75) is 19.9 Å². The minimum atomic E-state index is -0.497. The predicted molar refractivity (Wildman–Crippen MR) is 124 cm³/mol. The van der Waals surface area contributed by atoms with Crippen molar-refractivity contribution in [3.05, 3.63) is 74.0 Å². The van der Waals surface area contributed by atoms with Gasteiger partial charge in [-0.05, 0) is 49.0 Å². The molecule has 0 saturated carbocycles. The molecule has 0 aliphatic carbocycles. The SMILES string of the molecule is CCN(CC)CCN1C(=O)c2oc3ccc(Br)cc3c(=O)c2C1c1ccc(OC)cc1. The standard InChI is InChI=1S/C24H25BrN2O4/c1-4-26(5-2)12-13-27-21(15-6-9-17(30-3)10-7-15)20-22(28)18-14-16(25)8-11-19(18)31-23(20)24(27)29/h6-11,14,21H,4-5,12-13H2,1-3H3. The number of methoxy groups -OCH3 is 1. The molecule has 4 rings (SSSR count). The Labute approximate surface area is 189 Å². The number of likely N-dealkylation sites (N-methyl/N-ethyl adjacent to an activating group) is 1. The molecule has 0 fully saturated rings. The van der Waals surface area contributed by atoms with E-state index in [1.54, 1.807) is 30.2 Å². The fraction of sp³-hybridized carbons (Fsp3) is 0.333. The van der Waals surface area contributed by atoms with E-state index in [1.807, 2.05) is 24.3 Å². The zero-order chi connectivity index (χ0) is 22.1. The van der Waals surface area contributed by atoms with Gasteiger partial charge in [0.05, 0.1) is 24.1 Å². The summed E-state index contributed by atoms with van der Waals surface area (Å²) in [5.41, 5.74) is 1.51. The van der Waals surface area contributed by atoms with Gasteiger partial charge in [0.15, 0.2) is 5.43 Å². The molecule has 1 aliphatic rings. The first-order valence-corrected chi connectivity index (χ1v) is 11.2. The Bertz CT molecular complexity index is 1170. The van der Waals surface area contributed by atoms with E-state index in [4.69, 9.17) is 9.15 Å². The number of carbonyl (C=O) groups excluding carboxylic acids is 1. The van der Waals surface area contributed by atoms with Gasteiger partial charge in [0.2, 0.25) is 5.76 Å². The molecule has 1 aliphatic heterocycles. The van der Waals surface area contributed by atoms with E-state index in [0.717, 1.165) is 35.4 Å². The van der Waals surface area contributed by atoms with Crippen molar-refractivity contribution in [3.8, 4) is 5.75 Å². The Hall–Kier alpha value is -2.64. The van der Waals surface area contributed by atoms with Gasteiger partial charge in [0, 0.05) is 17.6 Å². The van der Waals surface area contributed by atoms with E-state index in [0.29, 0.717) is 23.1 Å². The summed E-state index contributed by atoms with van der Waals surface area (Å²) in [6.45, 7) is 7.21. The zero-order valence-electron chi connectivity index (χ0n) is 17.9. The van der Waals surface area contributed by atoms with E-state index in [1.165, 1.54) is 0 Å². The normalized spacial score (nSPS) is 15.7. The first kappa shape index (κ1) is 21.6. The van der Waals surface area contributed by atoms with Crippen LogP contribution in [0.1, 0.15) is 41.6 Å². The number of halogens is 1. The van der Waals surface area contributed by atoms with E-state index in [-0.39, 0.29) is 17.1 Å². The molecule has 0 saturated heterocycles. The molecule has 0 radical (unpaired) electrons. The van der Waals surface area contributed by atoms with Gasteiger partial charge in [-0.25, -0.2) is 0 Å². The number of rotatable bonds is 7. The van der Waals surface area contributed by atoms with Crippen LogP contribution in [0.5, 0.6) is 5.75 Å². The van der Waals surface area contributed by atoms with Crippen LogP contribution in [0.2, 0.25) is 0 Å². The summed E-state index contributed by atoms with van der Waals surface area (Å²) in [5, 5.41) is 0.463. The summed E-state index contributed by atoms with van der Waals surface area (Å²) < 4.78 is 12.1. The smallest absolute Gasteiger partial charge is 0.290 e. The van der Waals surface area contributed by atoms with Crippen molar-refractivity contribution in [1.29, 1.82) is 0 Å². The Morgan fingerprint density at radius 2 is 1.81 bits per heavy atom. The average molecular weight is 485 g/mol. The quantitative estimate of drug-likeness (QED) is 0.495. The van der Waals surface area contributed by atoms with Crippen LogP contribution in [0.15, 0.2) is 56.1 Å². The fourth-order valence-corrected chi connectivity index (χ4v) is 4.51. The van der Waals surface area contributed by atoms with Crippen LogP contribution in [0.3, 0.4) is 0 Å². The molecule has 31 heavy (non-hydrogen) atoms. The monoisotopic (exact) mass is 484 g/mol. The third kappa shape index (κ3) is 3.88. The van der Waals surface area contributed by atoms with Crippen LogP contribution in [-0.2, 0) is 0 Å². The van der Waals surface area contributed by atoms with Gasteiger partial charge in [-0.3, -0.25) is 9.59 Å². The summed E-state index contributed by atoms with van der Waals surface area (Å²) in [6.07, 6.45) is 0. The van der Waals surface area contributed by atoms with Crippen molar-refractivity contribution >= 4 is 32.8 Å². The summed E-state index contributed by atoms with van der Waals surface area (Å²) >= 11 is 3.43. The molecule has 2 aromatic carbocycles. The number of ether oxygens (including phenoxy) is 1. The number of nitrogens with zero attached hydrogens (tertiary/aromatic N) is 2. The molecule has 3 aromatic rings. The van der Waals surface area contributed by atoms with Crippen LogP contribution >= 0.6 is 15.9 Å². The lowest BCUT2D eigenvalue weighted by atomic mass is 9.98. The van der Waals surface area contributed by atoms with Gasteiger partial charge in [-0.2, -0.15) is 0 Å². The fourth-order valence-electron chi connectivity index (χ4n) is 4.14. The molecule has 7 heteroatoms. The average Bonchev–Trinajstić information content (AvgIpc) is 3.07. The Morgan fingerprint density at radius 3 is 2.45 bits per heavy atom. The molecule has 2 heterocycles. The second kappa shape index (κ2) is 8.85. The van der Waals surface area contributed by atoms with Gasteiger partial charge < -0.3 is 19.0 Å².